The lowest BCUT2D eigenvalue weighted by Gasteiger charge is -2.29. The van der Waals surface area contributed by atoms with Gasteiger partial charge in [-0.25, -0.2) is 4.39 Å². The number of carbonyl (C=O) groups excluding carboxylic acids is 4. The summed E-state index contributed by atoms with van der Waals surface area (Å²) >= 11 is 0. The van der Waals surface area contributed by atoms with Crippen LogP contribution in [-0.4, -0.2) is 64.5 Å². The second kappa shape index (κ2) is 11.2. The van der Waals surface area contributed by atoms with Crippen molar-refractivity contribution in [1.82, 2.24) is 15.1 Å². The van der Waals surface area contributed by atoms with Crippen molar-refractivity contribution in [2.24, 2.45) is 11.7 Å². The van der Waals surface area contributed by atoms with Crippen LogP contribution < -0.4 is 11.1 Å². The van der Waals surface area contributed by atoms with Crippen LogP contribution in [0.15, 0.2) is 48.5 Å². The molecule has 4 rings (SSSR count). The molecule has 2 saturated heterocycles. The molecular formula is C28H33FN4O4. The number of rotatable bonds is 8. The van der Waals surface area contributed by atoms with Crippen LogP contribution in [0.5, 0.6) is 0 Å². The van der Waals surface area contributed by atoms with Gasteiger partial charge in [0.15, 0.2) is 5.78 Å². The Kier molecular flexibility index (Phi) is 8.02. The van der Waals surface area contributed by atoms with E-state index in [0.29, 0.717) is 37.1 Å². The van der Waals surface area contributed by atoms with Gasteiger partial charge in [0.25, 0.3) is 5.91 Å². The molecule has 0 radical (unpaired) electrons. The zero-order chi connectivity index (χ0) is 26.7. The van der Waals surface area contributed by atoms with Crippen LogP contribution in [-0.2, 0) is 27.3 Å². The Labute approximate surface area is 216 Å². The molecule has 0 unspecified atom stereocenters. The van der Waals surface area contributed by atoms with Gasteiger partial charge in [0, 0.05) is 18.7 Å². The quantitative estimate of drug-likeness (QED) is 0.567. The molecule has 0 aliphatic carbocycles. The summed E-state index contributed by atoms with van der Waals surface area (Å²) < 4.78 is 13.6. The second-order valence-electron chi connectivity index (χ2n) is 10.2. The van der Waals surface area contributed by atoms with Gasteiger partial charge >= 0.3 is 0 Å². The van der Waals surface area contributed by atoms with Gasteiger partial charge in [-0.05, 0) is 54.2 Å². The fourth-order valence-corrected chi connectivity index (χ4v) is 5.29. The number of carbonyl (C=O) groups is 4. The molecule has 0 aromatic heterocycles. The highest BCUT2D eigenvalue weighted by Crippen LogP contribution is 2.31. The van der Waals surface area contributed by atoms with E-state index in [4.69, 9.17) is 5.73 Å². The summed E-state index contributed by atoms with van der Waals surface area (Å²) in [6, 6.07) is 10.8. The van der Waals surface area contributed by atoms with E-state index in [-0.39, 0.29) is 42.4 Å². The Morgan fingerprint density at radius 3 is 2.51 bits per heavy atom. The number of hydrogen-bond acceptors (Lipinski definition) is 5. The van der Waals surface area contributed by atoms with Crippen molar-refractivity contribution < 1.29 is 23.6 Å². The van der Waals surface area contributed by atoms with Crippen molar-refractivity contribution in [2.45, 2.75) is 57.8 Å². The number of nitrogens with one attached hydrogen (secondary N) is 1. The zero-order valence-electron chi connectivity index (χ0n) is 21.2. The fraction of sp³-hybridized carbons (Fsp3) is 0.429. The number of Topliss-reactive ketones (excluding diaryl/α,β-unsaturated/α-hetero) is 1. The number of halogens is 1. The molecular weight excluding hydrogens is 475 g/mol. The van der Waals surface area contributed by atoms with Crippen molar-refractivity contribution in [3.8, 4) is 0 Å². The molecule has 2 aliphatic rings. The van der Waals surface area contributed by atoms with Crippen LogP contribution in [0.1, 0.15) is 48.2 Å². The maximum absolute atomic E-state index is 13.7. The van der Waals surface area contributed by atoms with Gasteiger partial charge in [0.1, 0.15) is 17.9 Å². The minimum absolute atomic E-state index is 0.0178. The third-order valence-electron chi connectivity index (χ3n) is 7.01. The van der Waals surface area contributed by atoms with Gasteiger partial charge in [0.2, 0.25) is 11.8 Å². The van der Waals surface area contributed by atoms with E-state index in [0.717, 1.165) is 5.56 Å². The van der Waals surface area contributed by atoms with Crippen LogP contribution >= 0.6 is 0 Å². The second-order valence-corrected chi connectivity index (χ2v) is 10.2. The minimum atomic E-state index is -0.808. The van der Waals surface area contributed by atoms with Crippen molar-refractivity contribution in [1.29, 1.82) is 0 Å². The fourth-order valence-electron chi connectivity index (χ4n) is 5.29. The summed E-state index contributed by atoms with van der Waals surface area (Å²) in [5.74, 6) is -1.48. The molecule has 2 aliphatic heterocycles. The average molecular weight is 509 g/mol. The van der Waals surface area contributed by atoms with E-state index in [9.17, 15) is 23.6 Å². The van der Waals surface area contributed by atoms with E-state index in [1.807, 2.05) is 19.9 Å². The Morgan fingerprint density at radius 1 is 1.08 bits per heavy atom. The largest absolute Gasteiger partial charge is 0.340 e. The van der Waals surface area contributed by atoms with Crippen LogP contribution in [0.2, 0.25) is 0 Å². The van der Waals surface area contributed by atoms with E-state index >= 15 is 0 Å². The van der Waals surface area contributed by atoms with E-state index in [2.05, 4.69) is 5.32 Å². The predicted octanol–water partition coefficient (Wildman–Crippen LogP) is 2.05. The van der Waals surface area contributed by atoms with Gasteiger partial charge in [-0.1, -0.05) is 38.1 Å². The number of nitrogens with two attached hydrogens (primary N) is 1. The molecule has 2 aromatic rings. The molecule has 37 heavy (non-hydrogen) atoms. The van der Waals surface area contributed by atoms with Gasteiger partial charge in [0.05, 0.1) is 19.0 Å². The normalized spacial score (nSPS) is 19.8. The summed E-state index contributed by atoms with van der Waals surface area (Å²) in [5.41, 5.74) is 7.44. The van der Waals surface area contributed by atoms with Crippen LogP contribution in [0.4, 0.5) is 4.39 Å². The van der Waals surface area contributed by atoms with Gasteiger partial charge in [-0.3, -0.25) is 19.2 Å². The van der Waals surface area contributed by atoms with Crippen molar-refractivity contribution in [3.63, 3.8) is 0 Å². The maximum Gasteiger partial charge on any atom is 0.251 e. The number of hydrogen-bond donors (Lipinski definition) is 2. The molecule has 196 valence electrons. The molecule has 3 N–H and O–H groups in total. The van der Waals surface area contributed by atoms with E-state index < -0.39 is 23.9 Å². The molecule has 0 bridgehead atoms. The number of fused-ring (bicyclic) bond motifs is 1. The number of amides is 3. The van der Waals surface area contributed by atoms with Gasteiger partial charge < -0.3 is 20.9 Å². The summed E-state index contributed by atoms with van der Waals surface area (Å²) in [5, 5.41) is 2.86. The smallest absolute Gasteiger partial charge is 0.251 e. The Balaban J connectivity index is 1.48. The molecule has 0 spiro atoms. The standard InChI is InChI=1S/C28H33FN4O4/c1-17(2)11-22(31-27(36)20-7-3-6-19(12-20)15-30)28(37)32-10-9-23-26(32)24(34)16-33(23)25(35)14-18-5-4-8-21(29)13-18/h3-8,12-13,17,22-23,26H,9-11,14-16,30H2,1-2H3,(H,31,36)/t22-,23+,26-/m0/s1. The summed E-state index contributed by atoms with van der Waals surface area (Å²) in [7, 11) is 0. The summed E-state index contributed by atoms with van der Waals surface area (Å²) in [4.78, 5) is 55.7. The van der Waals surface area contributed by atoms with Crippen molar-refractivity contribution in [3.05, 3.63) is 71.0 Å². The summed E-state index contributed by atoms with van der Waals surface area (Å²) in [6.45, 7) is 4.45. The Morgan fingerprint density at radius 2 is 1.81 bits per heavy atom. The highest BCUT2D eigenvalue weighted by molar-refractivity contribution is 6.01. The molecule has 0 saturated carbocycles. The Hall–Kier alpha value is -3.59. The number of likely N-dealkylation sites (tertiary alicyclic amines) is 2. The first-order valence-corrected chi connectivity index (χ1v) is 12.6. The van der Waals surface area contributed by atoms with Crippen LogP contribution in [0.3, 0.4) is 0 Å². The van der Waals surface area contributed by atoms with Crippen molar-refractivity contribution >= 4 is 23.5 Å². The number of benzene rings is 2. The first-order chi connectivity index (χ1) is 17.7. The van der Waals surface area contributed by atoms with Crippen molar-refractivity contribution in [2.75, 3.05) is 13.1 Å². The van der Waals surface area contributed by atoms with Crippen LogP contribution in [0, 0.1) is 11.7 Å². The molecule has 3 atom stereocenters. The third kappa shape index (κ3) is 5.88. The lowest BCUT2D eigenvalue weighted by Crippen LogP contribution is -2.53. The van der Waals surface area contributed by atoms with E-state index in [1.54, 1.807) is 30.3 Å². The van der Waals surface area contributed by atoms with Gasteiger partial charge in [-0.15, -0.1) is 0 Å². The lowest BCUT2D eigenvalue weighted by atomic mass is 10.0. The number of nitrogens with zero attached hydrogens (tertiary/aromatic N) is 2. The molecule has 2 fully saturated rings. The molecule has 2 heterocycles. The zero-order valence-corrected chi connectivity index (χ0v) is 21.2. The Bertz CT molecular complexity index is 1200. The molecule has 9 heteroatoms. The number of ketones is 1. The monoisotopic (exact) mass is 508 g/mol. The third-order valence-corrected chi connectivity index (χ3v) is 7.01. The van der Waals surface area contributed by atoms with Gasteiger partial charge in [-0.2, -0.15) is 0 Å². The minimum Gasteiger partial charge on any atom is -0.340 e. The highest BCUT2D eigenvalue weighted by Gasteiger charge is 2.52. The highest BCUT2D eigenvalue weighted by atomic mass is 19.1. The SMILES string of the molecule is CC(C)C[C@H](NC(=O)c1cccc(CN)c1)C(=O)N1CC[C@@H]2[C@H]1C(=O)CN2C(=O)Cc1cccc(F)c1. The topological polar surface area (TPSA) is 113 Å². The first kappa shape index (κ1) is 26.5. The first-order valence-electron chi connectivity index (χ1n) is 12.6. The molecule has 2 aromatic carbocycles. The van der Waals surface area contributed by atoms with E-state index in [1.165, 1.54) is 21.9 Å². The molecule has 3 amide bonds. The van der Waals surface area contributed by atoms with Crippen LogP contribution in [0.25, 0.3) is 0 Å². The average Bonchev–Trinajstić information content (AvgIpc) is 3.44. The predicted molar refractivity (Wildman–Crippen MR) is 136 cm³/mol. The molecule has 8 nitrogen and oxygen atoms in total. The maximum atomic E-state index is 13.7. The lowest BCUT2D eigenvalue weighted by molar-refractivity contribution is -0.138. The summed E-state index contributed by atoms with van der Waals surface area (Å²) in [6.07, 6.45) is 0.861.